The van der Waals surface area contributed by atoms with Gasteiger partial charge < -0.3 is 0 Å². The SMILES string of the molecule is Cc1ccc(C2CCC(CCC3CCC(/C=C/Cl)CC3)CC2)cc1. The average molecular weight is 345 g/mol. The fourth-order valence-electron chi connectivity index (χ4n) is 4.87. The molecular formula is C23H33Cl. The Morgan fingerprint density at radius 1 is 0.833 bits per heavy atom. The summed E-state index contributed by atoms with van der Waals surface area (Å²) in [6.45, 7) is 2.18. The van der Waals surface area contributed by atoms with Crippen molar-refractivity contribution < 1.29 is 0 Å². The van der Waals surface area contributed by atoms with Crippen LogP contribution in [0.1, 0.15) is 81.3 Å². The fraction of sp³-hybridized carbons (Fsp3) is 0.652. The quantitative estimate of drug-likeness (QED) is 0.515. The number of halogens is 1. The van der Waals surface area contributed by atoms with Gasteiger partial charge in [0.1, 0.15) is 0 Å². The Morgan fingerprint density at radius 3 is 1.92 bits per heavy atom. The molecule has 0 unspecified atom stereocenters. The third-order valence-electron chi connectivity index (χ3n) is 6.61. The number of hydrogen-bond acceptors (Lipinski definition) is 0. The number of rotatable bonds is 5. The summed E-state index contributed by atoms with van der Waals surface area (Å²) in [6, 6.07) is 9.26. The van der Waals surface area contributed by atoms with Gasteiger partial charge in [-0.1, -0.05) is 60.3 Å². The van der Waals surface area contributed by atoms with Gasteiger partial charge in [-0.2, -0.15) is 0 Å². The van der Waals surface area contributed by atoms with Crippen LogP contribution in [0.3, 0.4) is 0 Å². The van der Waals surface area contributed by atoms with Crippen LogP contribution in [0.5, 0.6) is 0 Å². The highest BCUT2D eigenvalue weighted by Crippen LogP contribution is 2.39. The van der Waals surface area contributed by atoms with Gasteiger partial charge in [-0.3, -0.25) is 0 Å². The molecule has 3 rings (SSSR count). The van der Waals surface area contributed by atoms with Crippen LogP contribution in [0.25, 0.3) is 0 Å². The molecule has 0 amide bonds. The molecule has 1 aromatic rings. The summed E-state index contributed by atoms with van der Waals surface area (Å²) in [4.78, 5) is 0. The van der Waals surface area contributed by atoms with E-state index in [-0.39, 0.29) is 0 Å². The van der Waals surface area contributed by atoms with Crippen molar-refractivity contribution >= 4 is 11.6 Å². The van der Waals surface area contributed by atoms with E-state index in [0.29, 0.717) is 0 Å². The van der Waals surface area contributed by atoms with Crippen LogP contribution in [0.15, 0.2) is 35.9 Å². The summed E-state index contributed by atoms with van der Waals surface area (Å²) >= 11 is 5.72. The molecule has 0 aromatic heterocycles. The topological polar surface area (TPSA) is 0 Å². The largest absolute Gasteiger partial charge is 0.0933 e. The van der Waals surface area contributed by atoms with Crippen LogP contribution in [0.2, 0.25) is 0 Å². The maximum Gasteiger partial charge on any atom is 0.000525 e. The molecule has 24 heavy (non-hydrogen) atoms. The fourth-order valence-corrected chi connectivity index (χ4v) is 5.07. The van der Waals surface area contributed by atoms with E-state index in [0.717, 1.165) is 23.7 Å². The lowest BCUT2D eigenvalue weighted by Gasteiger charge is -2.31. The molecule has 2 aliphatic rings. The van der Waals surface area contributed by atoms with Crippen molar-refractivity contribution in [3.63, 3.8) is 0 Å². The summed E-state index contributed by atoms with van der Waals surface area (Å²) in [6.07, 6.45) is 16.4. The summed E-state index contributed by atoms with van der Waals surface area (Å²) in [7, 11) is 0. The second-order valence-corrected chi connectivity index (χ2v) is 8.56. The maximum atomic E-state index is 5.72. The molecule has 0 nitrogen and oxygen atoms in total. The Hall–Kier alpha value is -0.750. The van der Waals surface area contributed by atoms with Crippen molar-refractivity contribution in [1.82, 2.24) is 0 Å². The minimum atomic E-state index is 0.753. The van der Waals surface area contributed by atoms with Gasteiger partial charge in [0, 0.05) is 5.54 Å². The highest BCUT2D eigenvalue weighted by molar-refractivity contribution is 6.25. The molecule has 132 valence electrons. The van der Waals surface area contributed by atoms with Crippen LogP contribution in [0.4, 0.5) is 0 Å². The van der Waals surface area contributed by atoms with Gasteiger partial charge in [0.15, 0.2) is 0 Å². The van der Waals surface area contributed by atoms with E-state index in [1.54, 1.807) is 11.1 Å². The molecule has 0 aliphatic heterocycles. The summed E-state index contributed by atoms with van der Waals surface area (Å²) in [5.74, 6) is 3.55. The molecule has 0 heterocycles. The standard InChI is InChI=1S/C23H33Cl/c1-18-2-12-22(13-3-18)23-14-10-20(11-15-23)5-4-19-6-8-21(9-7-19)16-17-24/h2-3,12-13,16-17,19-21,23H,4-11,14-15H2,1H3/b17-16+. The summed E-state index contributed by atoms with van der Waals surface area (Å²) in [5.41, 5.74) is 4.67. The predicted octanol–water partition coefficient (Wildman–Crippen LogP) is 7.61. The molecule has 2 aliphatic carbocycles. The zero-order valence-electron chi connectivity index (χ0n) is 15.2. The van der Waals surface area contributed by atoms with Gasteiger partial charge in [-0.05, 0) is 87.5 Å². The van der Waals surface area contributed by atoms with Crippen molar-refractivity contribution in [2.24, 2.45) is 17.8 Å². The van der Waals surface area contributed by atoms with Gasteiger partial charge >= 0.3 is 0 Å². The Bertz CT molecular complexity index is 499. The lowest BCUT2D eigenvalue weighted by Crippen LogP contribution is -2.17. The van der Waals surface area contributed by atoms with Crippen LogP contribution >= 0.6 is 11.6 Å². The van der Waals surface area contributed by atoms with E-state index >= 15 is 0 Å². The molecule has 0 N–H and O–H groups in total. The van der Waals surface area contributed by atoms with Crippen molar-refractivity contribution in [3.05, 3.63) is 47.0 Å². The Morgan fingerprint density at radius 2 is 1.38 bits per heavy atom. The Labute approximate surface area is 153 Å². The van der Waals surface area contributed by atoms with Gasteiger partial charge in [-0.25, -0.2) is 0 Å². The van der Waals surface area contributed by atoms with Crippen molar-refractivity contribution in [2.75, 3.05) is 0 Å². The van der Waals surface area contributed by atoms with Crippen molar-refractivity contribution in [3.8, 4) is 0 Å². The molecule has 1 aromatic carbocycles. The number of hydrogen-bond donors (Lipinski definition) is 0. The molecule has 0 spiro atoms. The number of benzene rings is 1. The Kier molecular flexibility index (Phi) is 6.84. The third kappa shape index (κ3) is 5.12. The lowest BCUT2D eigenvalue weighted by atomic mass is 9.74. The minimum Gasteiger partial charge on any atom is -0.0933 e. The van der Waals surface area contributed by atoms with E-state index in [4.69, 9.17) is 11.6 Å². The van der Waals surface area contributed by atoms with Crippen LogP contribution < -0.4 is 0 Å². The van der Waals surface area contributed by atoms with E-state index in [9.17, 15) is 0 Å². The van der Waals surface area contributed by atoms with E-state index < -0.39 is 0 Å². The van der Waals surface area contributed by atoms with Crippen LogP contribution in [-0.4, -0.2) is 0 Å². The monoisotopic (exact) mass is 344 g/mol. The molecule has 1 heteroatoms. The molecule has 0 radical (unpaired) electrons. The second-order valence-electron chi connectivity index (χ2n) is 8.30. The van der Waals surface area contributed by atoms with Crippen LogP contribution in [0, 0.1) is 24.7 Å². The average Bonchev–Trinajstić information content (AvgIpc) is 2.63. The number of allylic oxidation sites excluding steroid dienone is 1. The summed E-state index contributed by atoms with van der Waals surface area (Å²) in [5, 5.41) is 0. The maximum absolute atomic E-state index is 5.72. The Balaban J connectivity index is 1.36. The van der Waals surface area contributed by atoms with E-state index in [2.05, 4.69) is 37.3 Å². The molecule has 0 atom stereocenters. The molecule has 0 bridgehead atoms. The highest BCUT2D eigenvalue weighted by Gasteiger charge is 2.24. The first-order valence-electron chi connectivity index (χ1n) is 10.1. The zero-order chi connectivity index (χ0) is 16.8. The van der Waals surface area contributed by atoms with Gasteiger partial charge in [0.2, 0.25) is 0 Å². The predicted molar refractivity (Wildman–Crippen MR) is 106 cm³/mol. The van der Waals surface area contributed by atoms with Gasteiger partial charge in [0.05, 0.1) is 0 Å². The number of aryl methyl sites for hydroxylation is 1. The first-order chi connectivity index (χ1) is 11.7. The minimum absolute atomic E-state index is 0.753. The highest BCUT2D eigenvalue weighted by atomic mass is 35.5. The molecule has 2 fully saturated rings. The summed E-state index contributed by atoms with van der Waals surface area (Å²) < 4.78 is 0. The van der Waals surface area contributed by atoms with E-state index in [1.807, 2.05) is 0 Å². The lowest BCUT2D eigenvalue weighted by molar-refractivity contribution is 0.246. The van der Waals surface area contributed by atoms with Crippen molar-refractivity contribution in [1.29, 1.82) is 0 Å². The molecular weight excluding hydrogens is 312 g/mol. The first kappa shape index (κ1) is 18.1. The second kappa shape index (κ2) is 9.09. The van der Waals surface area contributed by atoms with Gasteiger partial charge in [-0.15, -0.1) is 0 Å². The van der Waals surface area contributed by atoms with E-state index in [1.165, 1.54) is 69.8 Å². The molecule has 0 saturated heterocycles. The van der Waals surface area contributed by atoms with Gasteiger partial charge in [0.25, 0.3) is 0 Å². The smallest absolute Gasteiger partial charge is 0.000525 e. The van der Waals surface area contributed by atoms with Crippen molar-refractivity contribution in [2.45, 2.75) is 77.0 Å². The zero-order valence-corrected chi connectivity index (χ0v) is 16.0. The van der Waals surface area contributed by atoms with Crippen LogP contribution in [-0.2, 0) is 0 Å². The molecule has 2 saturated carbocycles. The first-order valence-corrected chi connectivity index (χ1v) is 10.5. The third-order valence-corrected chi connectivity index (χ3v) is 6.76. The normalized spacial score (nSPS) is 31.4.